The molecular weight excluding hydrogens is 212 g/mol. The molecule has 0 saturated heterocycles. The third kappa shape index (κ3) is 2.33. The van der Waals surface area contributed by atoms with Gasteiger partial charge in [0, 0.05) is 18.8 Å². The highest BCUT2D eigenvalue weighted by atomic mass is 16.5. The van der Waals surface area contributed by atoms with E-state index in [1.807, 2.05) is 25.4 Å². The van der Waals surface area contributed by atoms with Crippen LogP contribution in [0.2, 0.25) is 0 Å². The fourth-order valence-electron chi connectivity index (χ4n) is 1.84. The molecule has 17 heavy (non-hydrogen) atoms. The predicted molar refractivity (Wildman–Crippen MR) is 69.3 cm³/mol. The second-order valence-corrected chi connectivity index (χ2v) is 4.49. The SMILES string of the molecule is COc1ccc(C(C)C)cc1-c1ccn(C)n1. The molecule has 0 N–H and O–H groups in total. The summed E-state index contributed by atoms with van der Waals surface area (Å²) in [7, 11) is 3.61. The molecule has 90 valence electrons. The van der Waals surface area contributed by atoms with Gasteiger partial charge in [-0.2, -0.15) is 5.10 Å². The van der Waals surface area contributed by atoms with Crippen molar-refractivity contribution in [3.63, 3.8) is 0 Å². The topological polar surface area (TPSA) is 27.1 Å². The number of hydrogen-bond donors (Lipinski definition) is 0. The van der Waals surface area contributed by atoms with E-state index in [1.54, 1.807) is 11.8 Å². The molecular formula is C14H18N2O. The zero-order valence-corrected chi connectivity index (χ0v) is 10.8. The van der Waals surface area contributed by atoms with Crippen LogP contribution in [0.1, 0.15) is 25.3 Å². The van der Waals surface area contributed by atoms with Gasteiger partial charge in [0.25, 0.3) is 0 Å². The van der Waals surface area contributed by atoms with Gasteiger partial charge in [-0.1, -0.05) is 19.9 Å². The summed E-state index contributed by atoms with van der Waals surface area (Å²) in [6.07, 6.45) is 1.94. The van der Waals surface area contributed by atoms with Crippen molar-refractivity contribution in [3.05, 3.63) is 36.0 Å². The van der Waals surface area contributed by atoms with E-state index in [0.717, 1.165) is 17.0 Å². The Labute approximate surface area is 102 Å². The van der Waals surface area contributed by atoms with Gasteiger partial charge in [0.15, 0.2) is 0 Å². The quantitative estimate of drug-likeness (QED) is 0.809. The number of benzene rings is 1. The Hall–Kier alpha value is -1.77. The number of hydrogen-bond acceptors (Lipinski definition) is 2. The maximum atomic E-state index is 5.39. The Kier molecular flexibility index (Phi) is 3.18. The molecule has 0 spiro atoms. The molecule has 0 bridgehead atoms. The minimum atomic E-state index is 0.503. The van der Waals surface area contributed by atoms with Crippen molar-refractivity contribution in [1.29, 1.82) is 0 Å². The van der Waals surface area contributed by atoms with Gasteiger partial charge in [-0.15, -0.1) is 0 Å². The molecule has 0 unspecified atom stereocenters. The summed E-state index contributed by atoms with van der Waals surface area (Å²) in [6, 6.07) is 8.28. The van der Waals surface area contributed by atoms with Gasteiger partial charge < -0.3 is 4.74 Å². The second kappa shape index (κ2) is 4.62. The number of aryl methyl sites for hydroxylation is 1. The van der Waals surface area contributed by atoms with Crippen LogP contribution < -0.4 is 4.74 Å². The highest BCUT2D eigenvalue weighted by molar-refractivity contribution is 5.68. The van der Waals surface area contributed by atoms with Gasteiger partial charge in [0.1, 0.15) is 5.75 Å². The first-order chi connectivity index (χ1) is 8.11. The lowest BCUT2D eigenvalue weighted by Crippen LogP contribution is -1.94. The summed E-state index contributed by atoms with van der Waals surface area (Å²) in [6.45, 7) is 4.37. The second-order valence-electron chi connectivity index (χ2n) is 4.49. The molecule has 0 aliphatic rings. The smallest absolute Gasteiger partial charge is 0.128 e. The van der Waals surface area contributed by atoms with Crippen molar-refractivity contribution in [1.82, 2.24) is 9.78 Å². The maximum absolute atomic E-state index is 5.39. The Morgan fingerprint density at radius 3 is 2.53 bits per heavy atom. The van der Waals surface area contributed by atoms with Crippen LogP contribution in [0.15, 0.2) is 30.5 Å². The third-order valence-electron chi connectivity index (χ3n) is 2.88. The zero-order valence-electron chi connectivity index (χ0n) is 10.8. The molecule has 1 heterocycles. The van der Waals surface area contributed by atoms with Crippen LogP contribution in [0.5, 0.6) is 5.75 Å². The molecule has 2 rings (SSSR count). The van der Waals surface area contributed by atoms with Gasteiger partial charge in [0.2, 0.25) is 0 Å². The summed E-state index contributed by atoms with van der Waals surface area (Å²) < 4.78 is 7.20. The van der Waals surface area contributed by atoms with Crippen LogP contribution in [0, 0.1) is 0 Å². The molecule has 0 saturated carbocycles. The zero-order chi connectivity index (χ0) is 12.4. The van der Waals surface area contributed by atoms with Crippen LogP contribution in [0.4, 0.5) is 0 Å². The molecule has 0 atom stereocenters. The summed E-state index contributed by atoms with van der Waals surface area (Å²) in [5.74, 6) is 1.37. The Morgan fingerprint density at radius 1 is 1.24 bits per heavy atom. The Bertz CT molecular complexity index is 515. The number of methoxy groups -OCH3 is 1. The van der Waals surface area contributed by atoms with Crippen molar-refractivity contribution < 1.29 is 4.74 Å². The summed E-state index contributed by atoms with van der Waals surface area (Å²) in [5, 5.41) is 4.43. The highest BCUT2D eigenvalue weighted by Crippen LogP contribution is 2.31. The Balaban J connectivity index is 2.53. The maximum Gasteiger partial charge on any atom is 0.128 e. The van der Waals surface area contributed by atoms with Crippen molar-refractivity contribution in [2.75, 3.05) is 7.11 Å². The van der Waals surface area contributed by atoms with Gasteiger partial charge in [-0.05, 0) is 29.7 Å². The molecule has 0 aliphatic carbocycles. The molecule has 0 radical (unpaired) electrons. The predicted octanol–water partition coefficient (Wildman–Crippen LogP) is 3.22. The number of rotatable bonds is 3. The van der Waals surface area contributed by atoms with Crippen LogP contribution in [0.3, 0.4) is 0 Å². The summed E-state index contributed by atoms with van der Waals surface area (Å²) >= 11 is 0. The Morgan fingerprint density at radius 2 is 2.00 bits per heavy atom. The van der Waals surface area contributed by atoms with Crippen LogP contribution >= 0.6 is 0 Å². The summed E-state index contributed by atoms with van der Waals surface area (Å²) in [4.78, 5) is 0. The van der Waals surface area contributed by atoms with Gasteiger partial charge in [-0.25, -0.2) is 0 Å². The molecule has 2 aromatic rings. The van der Waals surface area contributed by atoms with Crippen molar-refractivity contribution in [2.45, 2.75) is 19.8 Å². The van der Waals surface area contributed by atoms with E-state index in [2.05, 4.69) is 31.1 Å². The molecule has 0 amide bonds. The van der Waals surface area contributed by atoms with Crippen molar-refractivity contribution in [3.8, 4) is 17.0 Å². The number of aromatic nitrogens is 2. The van der Waals surface area contributed by atoms with Crippen LogP contribution in [-0.2, 0) is 7.05 Å². The van der Waals surface area contributed by atoms with E-state index in [-0.39, 0.29) is 0 Å². The van der Waals surface area contributed by atoms with Crippen LogP contribution in [-0.4, -0.2) is 16.9 Å². The first-order valence-corrected chi connectivity index (χ1v) is 5.79. The van der Waals surface area contributed by atoms with E-state index in [4.69, 9.17) is 4.74 Å². The normalized spacial score (nSPS) is 10.9. The first kappa shape index (κ1) is 11.7. The lowest BCUT2D eigenvalue weighted by Gasteiger charge is -2.11. The molecule has 0 aliphatic heterocycles. The van der Waals surface area contributed by atoms with Gasteiger partial charge in [-0.3, -0.25) is 4.68 Å². The molecule has 1 aromatic carbocycles. The summed E-state index contributed by atoms with van der Waals surface area (Å²) in [5.41, 5.74) is 3.30. The third-order valence-corrected chi connectivity index (χ3v) is 2.88. The van der Waals surface area contributed by atoms with Gasteiger partial charge >= 0.3 is 0 Å². The van der Waals surface area contributed by atoms with E-state index in [9.17, 15) is 0 Å². The average Bonchev–Trinajstić information content (AvgIpc) is 2.74. The lowest BCUT2D eigenvalue weighted by molar-refractivity contribution is 0.416. The van der Waals surface area contributed by atoms with Gasteiger partial charge in [0.05, 0.1) is 12.8 Å². The molecule has 3 heteroatoms. The monoisotopic (exact) mass is 230 g/mol. The standard InChI is InChI=1S/C14H18N2O/c1-10(2)11-5-6-14(17-4)12(9-11)13-7-8-16(3)15-13/h5-10H,1-4H3. The molecule has 0 fully saturated rings. The van der Waals surface area contributed by atoms with E-state index >= 15 is 0 Å². The largest absolute Gasteiger partial charge is 0.496 e. The fraction of sp³-hybridized carbons (Fsp3) is 0.357. The molecule has 1 aromatic heterocycles. The average molecular weight is 230 g/mol. The number of nitrogens with zero attached hydrogens (tertiary/aromatic N) is 2. The van der Waals surface area contributed by atoms with E-state index in [1.165, 1.54) is 5.56 Å². The highest BCUT2D eigenvalue weighted by Gasteiger charge is 2.10. The molecule has 3 nitrogen and oxygen atoms in total. The van der Waals surface area contributed by atoms with Crippen LogP contribution in [0.25, 0.3) is 11.3 Å². The van der Waals surface area contributed by atoms with E-state index in [0.29, 0.717) is 5.92 Å². The number of ether oxygens (including phenoxy) is 1. The minimum Gasteiger partial charge on any atom is -0.496 e. The minimum absolute atomic E-state index is 0.503. The lowest BCUT2D eigenvalue weighted by atomic mass is 9.99. The van der Waals surface area contributed by atoms with Crippen molar-refractivity contribution >= 4 is 0 Å². The van der Waals surface area contributed by atoms with Crippen molar-refractivity contribution in [2.24, 2.45) is 7.05 Å². The van der Waals surface area contributed by atoms with E-state index < -0.39 is 0 Å². The fourth-order valence-corrected chi connectivity index (χ4v) is 1.84. The first-order valence-electron chi connectivity index (χ1n) is 5.79.